The van der Waals surface area contributed by atoms with Gasteiger partial charge in [-0.3, -0.25) is 14.6 Å². The second-order valence-corrected chi connectivity index (χ2v) is 7.73. The molecule has 2 aromatic rings. The monoisotopic (exact) mass is 379 g/mol. The van der Waals surface area contributed by atoms with Crippen LogP contribution in [0.2, 0.25) is 0 Å². The molecule has 1 aromatic carbocycles. The highest BCUT2D eigenvalue weighted by atomic mass is 16.3. The third-order valence-corrected chi connectivity index (χ3v) is 6.05. The summed E-state index contributed by atoms with van der Waals surface area (Å²) in [5.74, 6) is -0.274. The van der Waals surface area contributed by atoms with E-state index in [0.29, 0.717) is 37.2 Å². The normalized spacial score (nSPS) is 24.9. The lowest BCUT2D eigenvalue weighted by Gasteiger charge is -2.47. The Morgan fingerprint density at radius 2 is 2.07 bits per heavy atom. The lowest BCUT2D eigenvalue weighted by molar-refractivity contribution is -0.147. The van der Waals surface area contributed by atoms with Crippen LogP contribution in [0.3, 0.4) is 0 Å². The van der Waals surface area contributed by atoms with E-state index >= 15 is 0 Å². The van der Waals surface area contributed by atoms with E-state index in [-0.39, 0.29) is 18.4 Å². The molecule has 2 aliphatic rings. The number of carbonyl (C=O) groups is 2. The van der Waals surface area contributed by atoms with Crippen LogP contribution < -0.4 is 5.32 Å². The van der Waals surface area contributed by atoms with Crippen LogP contribution in [0.15, 0.2) is 42.6 Å². The van der Waals surface area contributed by atoms with Crippen LogP contribution in [0.5, 0.6) is 0 Å². The van der Waals surface area contributed by atoms with Crippen molar-refractivity contribution in [1.29, 1.82) is 0 Å². The third-order valence-electron chi connectivity index (χ3n) is 6.05. The Bertz CT molecular complexity index is 899. The van der Waals surface area contributed by atoms with Gasteiger partial charge < -0.3 is 15.3 Å². The number of nitrogens with zero attached hydrogens (tertiary/aromatic N) is 2. The van der Waals surface area contributed by atoms with E-state index in [9.17, 15) is 14.7 Å². The van der Waals surface area contributed by atoms with E-state index in [1.807, 2.05) is 43.3 Å². The van der Waals surface area contributed by atoms with Gasteiger partial charge in [0.1, 0.15) is 0 Å². The number of hydrogen-bond donors (Lipinski definition) is 2. The van der Waals surface area contributed by atoms with Crippen LogP contribution >= 0.6 is 0 Å². The fraction of sp³-hybridized carbons (Fsp3) is 0.409. The average Bonchev–Trinajstić information content (AvgIpc) is 2.72. The summed E-state index contributed by atoms with van der Waals surface area (Å²) in [4.78, 5) is 32.2. The van der Waals surface area contributed by atoms with E-state index in [0.717, 1.165) is 17.5 Å². The van der Waals surface area contributed by atoms with Crippen molar-refractivity contribution in [3.8, 4) is 11.1 Å². The van der Waals surface area contributed by atoms with Crippen molar-refractivity contribution < 1.29 is 14.7 Å². The van der Waals surface area contributed by atoms with Gasteiger partial charge in [0.25, 0.3) is 5.91 Å². The highest BCUT2D eigenvalue weighted by Crippen LogP contribution is 2.38. The van der Waals surface area contributed by atoms with E-state index < -0.39 is 11.5 Å². The van der Waals surface area contributed by atoms with E-state index in [4.69, 9.17) is 0 Å². The first-order valence-corrected chi connectivity index (χ1v) is 9.79. The van der Waals surface area contributed by atoms with Gasteiger partial charge in [0.15, 0.2) is 0 Å². The predicted octanol–water partition coefficient (Wildman–Crippen LogP) is 2.16. The molecule has 6 nitrogen and oxygen atoms in total. The van der Waals surface area contributed by atoms with Gasteiger partial charge in [-0.1, -0.05) is 30.3 Å². The van der Waals surface area contributed by atoms with Crippen molar-refractivity contribution in [2.75, 3.05) is 19.6 Å². The molecule has 0 radical (unpaired) electrons. The topological polar surface area (TPSA) is 82.5 Å². The van der Waals surface area contributed by atoms with Crippen molar-refractivity contribution in [3.63, 3.8) is 0 Å². The Balaban J connectivity index is 1.70. The lowest BCUT2D eigenvalue weighted by Crippen LogP contribution is -2.62. The molecule has 2 aliphatic heterocycles. The number of nitrogens with one attached hydrogen (secondary N) is 1. The summed E-state index contributed by atoms with van der Waals surface area (Å²) in [6.45, 7) is 3.13. The number of aliphatic hydroxyl groups excluding tert-OH is 1. The minimum atomic E-state index is -0.908. The second-order valence-electron chi connectivity index (χ2n) is 7.73. The van der Waals surface area contributed by atoms with Crippen LogP contribution in [0.1, 0.15) is 35.3 Å². The number of aliphatic hydroxyl groups is 1. The quantitative estimate of drug-likeness (QED) is 0.838. The first-order valence-electron chi connectivity index (χ1n) is 9.79. The molecule has 2 atom stereocenters. The fourth-order valence-corrected chi connectivity index (χ4v) is 4.47. The number of benzene rings is 1. The molecule has 2 saturated heterocycles. The zero-order valence-corrected chi connectivity index (χ0v) is 16.0. The molecule has 28 heavy (non-hydrogen) atoms. The Morgan fingerprint density at radius 3 is 2.82 bits per heavy atom. The van der Waals surface area contributed by atoms with Gasteiger partial charge in [-0.15, -0.1) is 0 Å². The molecule has 0 bridgehead atoms. The predicted molar refractivity (Wildman–Crippen MR) is 106 cm³/mol. The number of aryl methyl sites for hydroxylation is 1. The van der Waals surface area contributed by atoms with Crippen molar-refractivity contribution in [2.45, 2.75) is 32.3 Å². The molecule has 2 N–H and O–H groups in total. The van der Waals surface area contributed by atoms with Gasteiger partial charge in [-0.2, -0.15) is 0 Å². The van der Waals surface area contributed by atoms with E-state index in [1.165, 1.54) is 0 Å². The molecular weight excluding hydrogens is 354 g/mol. The Labute approximate surface area is 164 Å². The molecule has 2 amide bonds. The molecule has 0 unspecified atom stereocenters. The highest BCUT2D eigenvalue weighted by molar-refractivity contribution is 6.02. The number of amides is 2. The maximum atomic E-state index is 13.5. The fourth-order valence-electron chi connectivity index (χ4n) is 4.47. The number of piperidine rings is 2. The summed E-state index contributed by atoms with van der Waals surface area (Å²) in [5, 5.41) is 13.5. The number of likely N-dealkylation sites (tertiary alicyclic amines) is 1. The number of carbonyl (C=O) groups excluding carboxylic acids is 2. The largest absolute Gasteiger partial charge is 0.392 e. The first-order chi connectivity index (χ1) is 13.5. The molecular formula is C22H25N3O3. The molecule has 0 aliphatic carbocycles. The molecule has 0 saturated carbocycles. The Hall–Kier alpha value is -2.73. The SMILES string of the molecule is Cc1nccc(-c2ccccc2)c1C(=O)N1CC[C@@H](O)[C@@]2(CCCNC2=O)C1. The lowest BCUT2D eigenvalue weighted by atomic mass is 9.71. The number of rotatable bonds is 2. The maximum Gasteiger partial charge on any atom is 0.256 e. The minimum Gasteiger partial charge on any atom is -0.392 e. The van der Waals surface area contributed by atoms with Gasteiger partial charge in [-0.25, -0.2) is 0 Å². The number of pyridine rings is 1. The average molecular weight is 379 g/mol. The van der Waals surface area contributed by atoms with Crippen molar-refractivity contribution in [1.82, 2.24) is 15.2 Å². The smallest absolute Gasteiger partial charge is 0.256 e. The van der Waals surface area contributed by atoms with Gasteiger partial charge in [0.05, 0.1) is 22.8 Å². The summed E-state index contributed by atoms with van der Waals surface area (Å²) < 4.78 is 0. The number of aromatic nitrogens is 1. The van der Waals surface area contributed by atoms with Gasteiger partial charge >= 0.3 is 0 Å². The first kappa shape index (κ1) is 18.6. The van der Waals surface area contributed by atoms with Gasteiger partial charge in [0, 0.05) is 25.8 Å². The van der Waals surface area contributed by atoms with Gasteiger partial charge in [0.2, 0.25) is 5.91 Å². The van der Waals surface area contributed by atoms with Crippen LogP contribution in [-0.2, 0) is 4.79 Å². The number of hydrogen-bond acceptors (Lipinski definition) is 4. The Morgan fingerprint density at radius 1 is 1.29 bits per heavy atom. The molecule has 3 heterocycles. The Kier molecular flexibility index (Phi) is 4.89. The summed E-state index contributed by atoms with van der Waals surface area (Å²) in [6, 6.07) is 11.6. The molecule has 1 aromatic heterocycles. The zero-order valence-electron chi connectivity index (χ0n) is 16.0. The molecule has 2 fully saturated rings. The van der Waals surface area contributed by atoms with E-state index in [1.54, 1.807) is 11.1 Å². The summed E-state index contributed by atoms with van der Waals surface area (Å²) >= 11 is 0. The van der Waals surface area contributed by atoms with Crippen LogP contribution in [0.4, 0.5) is 0 Å². The summed E-state index contributed by atoms with van der Waals surface area (Å²) in [7, 11) is 0. The maximum absolute atomic E-state index is 13.5. The molecule has 1 spiro atoms. The van der Waals surface area contributed by atoms with E-state index in [2.05, 4.69) is 10.3 Å². The summed E-state index contributed by atoms with van der Waals surface area (Å²) in [6.07, 6.45) is 2.80. The minimum absolute atomic E-state index is 0.130. The van der Waals surface area contributed by atoms with Crippen molar-refractivity contribution in [2.24, 2.45) is 5.41 Å². The second kappa shape index (κ2) is 7.36. The standard InChI is InChI=1S/C22H25N3O3/c1-15-19(17(8-12-23-15)16-6-3-2-4-7-16)20(27)25-13-9-18(26)22(14-25)10-5-11-24-21(22)28/h2-4,6-8,12,18,26H,5,9-11,13-14H2,1H3,(H,24,28)/t18-,22-/m1/s1. The highest BCUT2D eigenvalue weighted by Gasteiger charge is 2.50. The summed E-state index contributed by atoms with van der Waals surface area (Å²) in [5.41, 5.74) is 2.12. The molecule has 4 rings (SSSR count). The van der Waals surface area contributed by atoms with Crippen LogP contribution in [0.25, 0.3) is 11.1 Å². The molecule has 6 heteroatoms. The molecule has 146 valence electrons. The van der Waals surface area contributed by atoms with Crippen LogP contribution in [0, 0.1) is 12.3 Å². The third kappa shape index (κ3) is 3.07. The zero-order chi connectivity index (χ0) is 19.7. The van der Waals surface area contributed by atoms with Crippen molar-refractivity contribution >= 4 is 11.8 Å². The van der Waals surface area contributed by atoms with Crippen LogP contribution in [-0.4, -0.2) is 52.5 Å². The van der Waals surface area contributed by atoms with Gasteiger partial charge in [-0.05, 0) is 43.4 Å². The van der Waals surface area contributed by atoms with Crippen molar-refractivity contribution in [3.05, 3.63) is 53.9 Å².